The molecule has 0 atom stereocenters. The topological polar surface area (TPSA) is 98.8 Å². The number of carbonyl (C=O) groups excluding carboxylic acids is 4. The van der Waals surface area contributed by atoms with Crippen LogP contribution in [0.1, 0.15) is 51.9 Å². The molecule has 0 unspecified atom stereocenters. The number of esters is 1. The molecule has 0 saturated heterocycles. The number of alkyl carbamates (subject to hydrolysis) is 1. The third kappa shape index (κ3) is 19.7. The monoisotopic (exact) mass is 587 g/mol. The maximum atomic E-state index is 11.8. The average Bonchev–Trinajstić information content (AvgIpc) is 2.75. The van der Waals surface area contributed by atoms with Crippen molar-refractivity contribution in [2.24, 2.45) is 5.41 Å². The predicted octanol–water partition coefficient (Wildman–Crippen LogP) is 4.15. The third-order valence-corrected chi connectivity index (χ3v) is 6.40. The first kappa shape index (κ1) is 23.6. The van der Waals surface area contributed by atoms with E-state index in [0.717, 1.165) is 13.0 Å². The van der Waals surface area contributed by atoms with Crippen LogP contribution in [-0.2, 0) is 23.9 Å². The van der Waals surface area contributed by atoms with Crippen LogP contribution in [0.4, 0.5) is 4.79 Å². The molecule has 0 heterocycles. The van der Waals surface area contributed by atoms with E-state index in [0.29, 0.717) is 18.1 Å². The molecule has 11 heteroatoms. The molecule has 0 aromatic heterocycles. The summed E-state index contributed by atoms with van der Waals surface area (Å²) in [6.07, 6.45) is 8.52. The Kier molecular flexibility index (Phi) is 18.5. The van der Waals surface area contributed by atoms with E-state index in [1.807, 2.05) is 0 Å². The van der Waals surface area contributed by atoms with Crippen LogP contribution < -0.4 is 5.32 Å². The summed E-state index contributed by atoms with van der Waals surface area (Å²) in [5, 5.41) is 2.94. The summed E-state index contributed by atoms with van der Waals surface area (Å²) in [5.74, 6) is 0.733. The van der Waals surface area contributed by atoms with E-state index in [1.165, 1.54) is 67.2 Å². The number of carbonyl (C=O) groups is 2. The van der Waals surface area contributed by atoms with E-state index in [4.69, 9.17) is 19.4 Å². The number of halogens is 1. The molecule has 0 aromatic rings. The summed E-state index contributed by atoms with van der Waals surface area (Å²) in [7, 11) is 0.198. The number of nitrogens with one attached hydrogen (secondary N) is 1. The van der Waals surface area contributed by atoms with Gasteiger partial charge in [0.25, 0.3) is 0 Å². The second-order valence-corrected chi connectivity index (χ2v) is 11.0. The Morgan fingerprint density at radius 1 is 1.28 bits per heavy atom. The second-order valence-electron chi connectivity index (χ2n) is 6.16. The molecule has 1 aliphatic rings. The molecule has 0 aliphatic heterocycles. The van der Waals surface area contributed by atoms with E-state index in [1.54, 1.807) is 22.6 Å². The van der Waals surface area contributed by atoms with E-state index in [2.05, 4.69) is 17.0 Å². The summed E-state index contributed by atoms with van der Waals surface area (Å²) in [4.78, 5) is 39.0. The molecule has 1 aliphatic carbocycles. The molecule has 1 N–H and O–H groups in total. The first-order valence-electron chi connectivity index (χ1n) is 11.1. The summed E-state index contributed by atoms with van der Waals surface area (Å²) in [6, 6.07) is 0. The Hall–Kier alpha value is -0.0200. The fourth-order valence-corrected chi connectivity index (χ4v) is 4.70. The zero-order valence-corrected chi connectivity index (χ0v) is 21.8. The summed E-state index contributed by atoms with van der Waals surface area (Å²) in [5.41, 5.74) is 0.275. The predicted molar refractivity (Wildman–Crippen MR) is 133 cm³/mol. The van der Waals surface area contributed by atoms with Crippen molar-refractivity contribution in [3.8, 4) is 0 Å². The van der Waals surface area contributed by atoms with Crippen LogP contribution in [0.15, 0.2) is 0 Å². The second kappa shape index (κ2) is 22.7. The van der Waals surface area contributed by atoms with Crippen LogP contribution in [0, 0.1) is 5.41 Å². The minimum atomic E-state index is -4.09. The van der Waals surface area contributed by atoms with Gasteiger partial charge in [0.05, 0.1) is 7.11 Å². The molecule has 1 fully saturated rings. The molecule has 1 rings (SSSR count). The van der Waals surface area contributed by atoms with Gasteiger partial charge in [0, 0.05) is 12.3 Å². The molecule has 0 spiro atoms. The van der Waals surface area contributed by atoms with Crippen molar-refractivity contribution in [2.45, 2.75) is 51.9 Å². The Labute approximate surface area is 203 Å². The fourth-order valence-electron chi connectivity index (χ4n) is 3.03. The van der Waals surface area contributed by atoms with Gasteiger partial charge in [0.15, 0.2) is 0 Å². The van der Waals surface area contributed by atoms with Crippen LogP contribution in [0.5, 0.6) is 0 Å². The van der Waals surface area contributed by atoms with E-state index in [9.17, 15) is 9.59 Å². The van der Waals surface area contributed by atoms with Gasteiger partial charge in [-0.3, -0.25) is 4.79 Å². The first-order chi connectivity index (χ1) is 15.3. The average molecular weight is 588 g/mol. The fraction of sp³-hybridized carbons (Fsp3) is 0.833. The molecule has 172 valence electrons. The molecule has 0 radical (unpaired) electrons. The first-order valence-corrected chi connectivity index (χ1v) is 14.0. The Balaban J connectivity index is 0. The number of hydrogen-bond donors (Lipinski definition) is 1. The van der Waals surface area contributed by atoms with Gasteiger partial charge in [-0.1, -0.05) is 54.2 Å². The number of alkyl halides is 1. The van der Waals surface area contributed by atoms with Crippen molar-refractivity contribution in [1.82, 2.24) is 5.32 Å². The van der Waals surface area contributed by atoms with Gasteiger partial charge in [0.2, 0.25) is 0 Å². The minimum absolute atomic E-state index is 0.00333. The van der Waals surface area contributed by atoms with Gasteiger partial charge in [-0.25, -0.2) is 4.79 Å². The Morgan fingerprint density at radius 3 is 2.41 bits per heavy atom. The molecular weight excluding hydrogens is 548 g/mol. The van der Waals surface area contributed by atoms with Gasteiger partial charge in [-0.05, 0) is 24.7 Å². The molecule has 1 amide bonds. The number of hydrogen-bond acceptors (Lipinski definition) is 8. The quantitative estimate of drug-likeness (QED) is 0.0962. The van der Waals surface area contributed by atoms with Gasteiger partial charge in [0.1, 0.15) is 12.4 Å². The Morgan fingerprint density at radius 2 is 1.90 bits per heavy atom. The van der Waals surface area contributed by atoms with E-state index >= 15 is 0 Å². The van der Waals surface area contributed by atoms with Crippen molar-refractivity contribution in [2.75, 3.05) is 35.9 Å². The van der Waals surface area contributed by atoms with Crippen molar-refractivity contribution in [3.05, 3.63) is 0 Å². The van der Waals surface area contributed by atoms with Crippen LogP contribution in [0.25, 0.3) is 0 Å². The van der Waals surface area contributed by atoms with E-state index < -0.39 is 9.02 Å². The SMILES string of the molecule is CCCC1(CNC(=O)OCCSSCC(=O)OC)CCCCC1.O=C=O.[2H]P([2H])([2H])([2H])CI. The van der Waals surface area contributed by atoms with Gasteiger partial charge in [-0.15, -0.1) is 0 Å². The van der Waals surface area contributed by atoms with Crippen molar-refractivity contribution < 1.29 is 28.7 Å². The Bertz CT molecular complexity index is 589. The molecule has 1 saturated carbocycles. The van der Waals surface area contributed by atoms with Crippen LogP contribution in [0.2, 0.25) is 0 Å². The summed E-state index contributed by atoms with van der Waals surface area (Å²) < 4.78 is 36.4. The zero-order valence-electron chi connectivity index (χ0n) is 21.1. The van der Waals surface area contributed by atoms with Gasteiger partial charge in [-0.2, -0.15) is 9.59 Å². The summed E-state index contributed by atoms with van der Waals surface area (Å²) in [6.45, 7) is 3.28. The number of ether oxygens (including phenoxy) is 2. The third-order valence-electron chi connectivity index (χ3n) is 4.19. The molecule has 0 bridgehead atoms. The summed E-state index contributed by atoms with van der Waals surface area (Å²) >= 11 is 1.72. The molecular formula is C18H35INO6PS2. The number of amides is 1. The van der Waals surface area contributed by atoms with Crippen LogP contribution in [0.3, 0.4) is 0 Å². The number of methoxy groups -OCH3 is 1. The number of rotatable bonds is 11. The standard InChI is InChI=1S/C16H29NO4S2.CH6IP.CO2/c1-3-7-16(8-5-4-6-9-16)13-17-15(19)21-10-11-22-23-12-14(18)20-2;2*2-1-3/h3-13H2,1-2H3,(H,17,19);1H2,3H4;/i;3D4;. The van der Waals surface area contributed by atoms with Crippen molar-refractivity contribution >= 4 is 71.4 Å². The van der Waals surface area contributed by atoms with Crippen molar-refractivity contribution in [1.29, 1.82) is 5.11 Å². The maximum absolute atomic E-state index is 11.8. The van der Waals surface area contributed by atoms with Crippen LogP contribution in [-0.4, -0.2) is 59.3 Å². The van der Waals surface area contributed by atoms with Crippen molar-refractivity contribution in [3.63, 3.8) is 0 Å². The normalized spacial score (nSPS) is 18.0. The molecule has 29 heavy (non-hydrogen) atoms. The molecule has 0 aromatic carbocycles. The van der Waals surface area contributed by atoms with Gasteiger partial charge < -0.3 is 14.8 Å². The van der Waals surface area contributed by atoms with Crippen LogP contribution >= 0.6 is 53.2 Å². The van der Waals surface area contributed by atoms with E-state index in [-0.39, 0.29) is 27.8 Å². The molecule has 7 nitrogen and oxygen atoms in total. The van der Waals surface area contributed by atoms with Gasteiger partial charge >= 0.3 is 59.1 Å². The zero-order chi connectivity index (χ0) is 25.8.